The Morgan fingerprint density at radius 3 is 2.75 bits per heavy atom. The number of methoxy groups -OCH3 is 1. The molecule has 4 nitrogen and oxygen atoms in total. The van der Waals surface area contributed by atoms with Gasteiger partial charge in [-0.2, -0.15) is 0 Å². The van der Waals surface area contributed by atoms with Crippen molar-refractivity contribution in [2.75, 3.05) is 13.7 Å². The molecular formula is C14H16N2O2S2. The van der Waals surface area contributed by atoms with Crippen molar-refractivity contribution >= 4 is 28.5 Å². The third-order valence-electron chi connectivity index (χ3n) is 2.74. The van der Waals surface area contributed by atoms with Crippen LogP contribution >= 0.6 is 23.6 Å². The van der Waals surface area contributed by atoms with Crippen molar-refractivity contribution < 1.29 is 9.47 Å². The summed E-state index contributed by atoms with van der Waals surface area (Å²) >= 11 is 6.50. The summed E-state index contributed by atoms with van der Waals surface area (Å²) in [5.41, 5.74) is 7.43. The molecule has 0 aliphatic carbocycles. The second kappa shape index (κ2) is 6.19. The minimum atomic E-state index is 0.368. The molecule has 6 heteroatoms. The summed E-state index contributed by atoms with van der Waals surface area (Å²) in [6.45, 7) is 4.39. The molecule has 1 aromatic carbocycles. The van der Waals surface area contributed by atoms with E-state index in [9.17, 15) is 0 Å². The summed E-state index contributed by atoms with van der Waals surface area (Å²) in [6.07, 6.45) is 0. The molecule has 0 aliphatic heterocycles. The first-order valence-electron chi connectivity index (χ1n) is 6.15. The van der Waals surface area contributed by atoms with Crippen molar-refractivity contribution in [2.45, 2.75) is 13.8 Å². The number of benzene rings is 1. The molecule has 2 aromatic rings. The molecule has 2 N–H and O–H groups in total. The van der Waals surface area contributed by atoms with Crippen LogP contribution < -0.4 is 15.2 Å². The molecule has 106 valence electrons. The van der Waals surface area contributed by atoms with Crippen molar-refractivity contribution in [2.24, 2.45) is 5.73 Å². The maximum Gasteiger partial charge on any atom is 0.171 e. The zero-order valence-electron chi connectivity index (χ0n) is 11.6. The highest BCUT2D eigenvalue weighted by Crippen LogP contribution is 2.40. The van der Waals surface area contributed by atoms with Crippen LogP contribution in [0.4, 0.5) is 0 Å². The van der Waals surface area contributed by atoms with E-state index in [1.54, 1.807) is 7.11 Å². The van der Waals surface area contributed by atoms with Crippen LogP contribution in [0, 0.1) is 6.92 Å². The summed E-state index contributed by atoms with van der Waals surface area (Å²) in [5.74, 6) is 1.38. The van der Waals surface area contributed by atoms with Gasteiger partial charge < -0.3 is 15.2 Å². The maximum absolute atomic E-state index is 5.70. The molecule has 0 bridgehead atoms. The van der Waals surface area contributed by atoms with Crippen LogP contribution in [0.25, 0.3) is 10.6 Å². The van der Waals surface area contributed by atoms with Gasteiger partial charge in [0.05, 0.1) is 29.9 Å². The zero-order chi connectivity index (χ0) is 14.7. The number of rotatable bonds is 5. The fraction of sp³-hybridized carbons (Fsp3) is 0.286. The SMILES string of the molecule is CCOc1c(OC)cccc1-c1nc(C)c(C(N)=S)s1. The Labute approximate surface area is 127 Å². The minimum absolute atomic E-state index is 0.368. The Balaban J connectivity index is 2.57. The number of para-hydroxylation sites is 1. The number of aryl methyl sites for hydroxylation is 1. The molecule has 0 saturated heterocycles. The van der Waals surface area contributed by atoms with Gasteiger partial charge in [0.15, 0.2) is 11.5 Å². The van der Waals surface area contributed by atoms with Crippen LogP contribution in [-0.4, -0.2) is 23.7 Å². The standard InChI is InChI=1S/C14H16N2O2S2/c1-4-18-11-9(6-5-7-10(11)17-3)14-16-8(2)12(20-14)13(15)19/h5-7H,4H2,1-3H3,(H2,15,19). The van der Waals surface area contributed by atoms with Gasteiger partial charge in [-0.3, -0.25) is 0 Å². The average molecular weight is 308 g/mol. The second-order valence-electron chi connectivity index (χ2n) is 4.07. The number of hydrogen-bond acceptors (Lipinski definition) is 5. The number of nitrogens with zero attached hydrogens (tertiary/aromatic N) is 1. The van der Waals surface area contributed by atoms with Gasteiger partial charge in [0.1, 0.15) is 10.00 Å². The molecule has 0 unspecified atom stereocenters. The van der Waals surface area contributed by atoms with E-state index in [-0.39, 0.29) is 0 Å². The fourth-order valence-corrected chi connectivity index (χ4v) is 3.09. The molecule has 1 aromatic heterocycles. The van der Waals surface area contributed by atoms with E-state index < -0.39 is 0 Å². The predicted octanol–water partition coefficient (Wildman–Crippen LogP) is 3.16. The number of hydrogen-bond donors (Lipinski definition) is 1. The third-order valence-corrected chi connectivity index (χ3v) is 4.30. The van der Waals surface area contributed by atoms with Gasteiger partial charge in [-0.15, -0.1) is 11.3 Å². The lowest BCUT2D eigenvalue weighted by Gasteiger charge is -2.12. The lowest BCUT2D eigenvalue weighted by atomic mass is 10.2. The summed E-state index contributed by atoms with van der Waals surface area (Å²) in [5, 5.41) is 0.827. The molecule has 0 radical (unpaired) electrons. The monoisotopic (exact) mass is 308 g/mol. The highest BCUT2D eigenvalue weighted by molar-refractivity contribution is 7.81. The molecule has 0 spiro atoms. The van der Waals surface area contributed by atoms with E-state index in [1.807, 2.05) is 32.0 Å². The molecule has 0 saturated carbocycles. The number of ether oxygens (including phenoxy) is 2. The number of thiocarbonyl (C=S) groups is 1. The maximum atomic E-state index is 5.70. The Hall–Kier alpha value is -1.66. The van der Waals surface area contributed by atoms with Gasteiger partial charge in [0.25, 0.3) is 0 Å². The summed E-state index contributed by atoms with van der Waals surface area (Å²) in [7, 11) is 1.62. The fourth-order valence-electron chi connectivity index (χ4n) is 1.88. The Morgan fingerprint density at radius 1 is 1.45 bits per heavy atom. The first-order valence-corrected chi connectivity index (χ1v) is 7.38. The number of nitrogens with two attached hydrogens (primary N) is 1. The Morgan fingerprint density at radius 2 is 2.20 bits per heavy atom. The quantitative estimate of drug-likeness (QED) is 0.860. The minimum Gasteiger partial charge on any atom is -0.493 e. The van der Waals surface area contributed by atoms with Crippen LogP contribution in [0.5, 0.6) is 11.5 Å². The van der Waals surface area contributed by atoms with Crippen molar-refractivity contribution in [3.63, 3.8) is 0 Å². The second-order valence-corrected chi connectivity index (χ2v) is 5.51. The van der Waals surface area contributed by atoms with E-state index in [0.29, 0.717) is 23.1 Å². The topological polar surface area (TPSA) is 57.4 Å². The van der Waals surface area contributed by atoms with Crippen LogP contribution in [0.1, 0.15) is 17.5 Å². The van der Waals surface area contributed by atoms with Gasteiger partial charge in [0.2, 0.25) is 0 Å². The van der Waals surface area contributed by atoms with Gasteiger partial charge in [-0.05, 0) is 26.0 Å². The van der Waals surface area contributed by atoms with E-state index in [1.165, 1.54) is 11.3 Å². The smallest absolute Gasteiger partial charge is 0.171 e. The van der Waals surface area contributed by atoms with Crippen molar-refractivity contribution in [1.29, 1.82) is 0 Å². The van der Waals surface area contributed by atoms with Crippen LogP contribution in [-0.2, 0) is 0 Å². The van der Waals surface area contributed by atoms with E-state index in [0.717, 1.165) is 21.1 Å². The van der Waals surface area contributed by atoms with Gasteiger partial charge in [-0.25, -0.2) is 4.98 Å². The van der Waals surface area contributed by atoms with Crippen LogP contribution in [0.15, 0.2) is 18.2 Å². The van der Waals surface area contributed by atoms with Crippen molar-refractivity contribution in [3.05, 3.63) is 28.8 Å². The predicted molar refractivity (Wildman–Crippen MR) is 85.9 cm³/mol. The van der Waals surface area contributed by atoms with Gasteiger partial charge in [-0.1, -0.05) is 18.3 Å². The highest BCUT2D eigenvalue weighted by atomic mass is 32.1. The van der Waals surface area contributed by atoms with E-state index in [2.05, 4.69) is 4.98 Å². The summed E-state index contributed by atoms with van der Waals surface area (Å²) in [6, 6.07) is 5.73. The molecule has 2 rings (SSSR count). The molecule has 0 atom stereocenters. The van der Waals surface area contributed by atoms with E-state index in [4.69, 9.17) is 27.4 Å². The van der Waals surface area contributed by atoms with Crippen LogP contribution in [0.2, 0.25) is 0 Å². The third kappa shape index (κ3) is 2.76. The molecule has 20 heavy (non-hydrogen) atoms. The molecular weight excluding hydrogens is 292 g/mol. The van der Waals surface area contributed by atoms with Crippen molar-refractivity contribution in [1.82, 2.24) is 4.98 Å². The summed E-state index contributed by atoms with van der Waals surface area (Å²) < 4.78 is 11.0. The average Bonchev–Trinajstić information content (AvgIpc) is 2.81. The van der Waals surface area contributed by atoms with Crippen molar-refractivity contribution in [3.8, 4) is 22.1 Å². The van der Waals surface area contributed by atoms with Gasteiger partial charge in [0, 0.05) is 0 Å². The molecule has 1 heterocycles. The molecule has 0 aliphatic rings. The summed E-state index contributed by atoms with van der Waals surface area (Å²) in [4.78, 5) is 5.74. The largest absolute Gasteiger partial charge is 0.493 e. The molecule has 0 fully saturated rings. The normalized spacial score (nSPS) is 10.3. The Bertz CT molecular complexity index is 638. The lowest BCUT2D eigenvalue weighted by Crippen LogP contribution is -2.08. The van der Waals surface area contributed by atoms with Gasteiger partial charge >= 0.3 is 0 Å². The highest BCUT2D eigenvalue weighted by Gasteiger charge is 2.17. The van der Waals surface area contributed by atoms with E-state index >= 15 is 0 Å². The number of aromatic nitrogens is 1. The lowest BCUT2D eigenvalue weighted by molar-refractivity contribution is 0.312. The first-order chi connectivity index (χ1) is 9.58. The van der Waals surface area contributed by atoms with Crippen LogP contribution in [0.3, 0.4) is 0 Å². The number of thiazole rings is 1. The zero-order valence-corrected chi connectivity index (χ0v) is 13.2. The Kier molecular flexibility index (Phi) is 4.57. The molecule has 0 amide bonds. The first kappa shape index (κ1) is 14.7.